The Morgan fingerprint density at radius 1 is 1.15 bits per heavy atom. The average Bonchev–Trinajstić information content (AvgIpc) is 2.32. The zero-order valence-electron chi connectivity index (χ0n) is 12.2. The van der Waals surface area contributed by atoms with Crippen LogP contribution in [0.25, 0.3) is 0 Å². The molecule has 0 saturated carbocycles. The van der Waals surface area contributed by atoms with Crippen LogP contribution in [0.4, 0.5) is 21.7 Å². The van der Waals surface area contributed by atoms with Crippen LogP contribution < -0.4 is 11.1 Å². The minimum atomic E-state index is -0.295. The third kappa shape index (κ3) is 3.23. The van der Waals surface area contributed by atoms with Crippen LogP contribution in [-0.4, -0.2) is 9.97 Å². The minimum absolute atomic E-state index is 0.206. The molecule has 4 nitrogen and oxygen atoms in total. The van der Waals surface area contributed by atoms with E-state index >= 15 is 0 Å². The molecule has 0 fully saturated rings. The fourth-order valence-corrected chi connectivity index (χ4v) is 1.73. The van der Waals surface area contributed by atoms with Crippen LogP contribution in [0.15, 0.2) is 24.3 Å². The first-order chi connectivity index (χ1) is 9.25. The number of nitrogens with one attached hydrogen (secondary N) is 1. The monoisotopic (exact) mass is 274 g/mol. The summed E-state index contributed by atoms with van der Waals surface area (Å²) in [6.07, 6.45) is 0. The molecule has 0 bridgehead atoms. The number of rotatable bonds is 2. The van der Waals surface area contributed by atoms with Crippen molar-refractivity contribution in [3.63, 3.8) is 0 Å². The Morgan fingerprint density at radius 3 is 2.50 bits per heavy atom. The van der Waals surface area contributed by atoms with E-state index in [1.54, 1.807) is 12.1 Å². The Labute approximate surface area is 118 Å². The topological polar surface area (TPSA) is 63.8 Å². The van der Waals surface area contributed by atoms with Crippen molar-refractivity contribution >= 4 is 17.3 Å². The summed E-state index contributed by atoms with van der Waals surface area (Å²) in [7, 11) is 0. The molecule has 20 heavy (non-hydrogen) atoms. The molecule has 5 heteroatoms. The van der Waals surface area contributed by atoms with E-state index in [4.69, 9.17) is 5.73 Å². The van der Waals surface area contributed by atoms with Crippen molar-refractivity contribution in [2.75, 3.05) is 11.1 Å². The third-order valence-corrected chi connectivity index (χ3v) is 2.88. The summed E-state index contributed by atoms with van der Waals surface area (Å²) >= 11 is 0. The number of benzene rings is 1. The van der Waals surface area contributed by atoms with E-state index in [0.29, 0.717) is 23.1 Å². The van der Waals surface area contributed by atoms with E-state index in [0.717, 1.165) is 5.56 Å². The van der Waals surface area contributed by atoms with Crippen LogP contribution in [0.2, 0.25) is 0 Å². The molecule has 2 rings (SSSR count). The zero-order valence-corrected chi connectivity index (χ0v) is 12.2. The molecule has 0 amide bonds. The first-order valence-corrected chi connectivity index (χ1v) is 6.44. The number of aryl methyl sites for hydroxylation is 1. The molecule has 0 radical (unpaired) electrons. The van der Waals surface area contributed by atoms with Crippen LogP contribution in [0, 0.1) is 12.7 Å². The molecule has 0 aliphatic carbocycles. The van der Waals surface area contributed by atoms with Gasteiger partial charge in [-0.2, -0.15) is 0 Å². The van der Waals surface area contributed by atoms with Crippen LogP contribution >= 0.6 is 0 Å². The van der Waals surface area contributed by atoms with E-state index in [9.17, 15) is 4.39 Å². The van der Waals surface area contributed by atoms with Gasteiger partial charge in [0.25, 0.3) is 0 Å². The summed E-state index contributed by atoms with van der Waals surface area (Å²) in [6, 6.07) is 6.21. The number of nitrogen functional groups attached to an aromatic ring is 1. The van der Waals surface area contributed by atoms with E-state index < -0.39 is 0 Å². The standard InChI is InChI=1S/C15H19FN4/c1-9-5-6-10(16)7-11(9)18-13-8-12(17)19-14(20-13)15(2,3)4/h5-8H,1-4H3,(H3,17,18,19,20). The molecule has 0 saturated heterocycles. The van der Waals surface area contributed by atoms with Crippen LogP contribution in [0.1, 0.15) is 32.2 Å². The number of anilines is 3. The van der Waals surface area contributed by atoms with Gasteiger partial charge in [0.1, 0.15) is 23.3 Å². The number of halogens is 1. The Hall–Kier alpha value is -2.17. The summed E-state index contributed by atoms with van der Waals surface area (Å²) in [5.41, 5.74) is 7.21. The van der Waals surface area contributed by atoms with E-state index in [-0.39, 0.29) is 11.2 Å². The summed E-state index contributed by atoms with van der Waals surface area (Å²) in [5.74, 6) is 1.31. The maximum atomic E-state index is 13.3. The van der Waals surface area contributed by atoms with Gasteiger partial charge in [0.05, 0.1) is 0 Å². The van der Waals surface area contributed by atoms with Gasteiger partial charge < -0.3 is 11.1 Å². The SMILES string of the molecule is Cc1ccc(F)cc1Nc1cc(N)nc(C(C)(C)C)n1. The molecule has 1 heterocycles. The van der Waals surface area contributed by atoms with Gasteiger partial charge in [-0.25, -0.2) is 14.4 Å². The Balaban J connectivity index is 2.39. The Kier molecular flexibility index (Phi) is 3.61. The third-order valence-electron chi connectivity index (χ3n) is 2.88. The van der Waals surface area contributed by atoms with Crippen LogP contribution in [-0.2, 0) is 5.41 Å². The quantitative estimate of drug-likeness (QED) is 0.879. The first kappa shape index (κ1) is 14.2. The summed E-state index contributed by atoms with van der Waals surface area (Å²) < 4.78 is 13.3. The number of nitrogens with zero attached hydrogens (tertiary/aromatic N) is 2. The molecule has 1 aromatic heterocycles. The lowest BCUT2D eigenvalue weighted by atomic mass is 9.96. The highest BCUT2D eigenvalue weighted by molar-refractivity contribution is 5.62. The van der Waals surface area contributed by atoms with Gasteiger partial charge in [0, 0.05) is 17.2 Å². The van der Waals surface area contributed by atoms with Crippen LogP contribution in [0.3, 0.4) is 0 Å². The van der Waals surface area contributed by atoms with Crippen molar-refractivity contribution in [3.8, 4) is 0 Å². The van der Waals surface area contributed by atoms with Crippen molar-refractivity contribution in [1.82, 2.24) is 9.97 Å². The molecular formula is C15H19FN4. The first-order valence-electron chi connectivity index (χ1n) is 6.44. The van der Waals surface area contributed by atoms with Gasteiger partial charge in [0.2, 0.25) is 0 Å². The molecule has 0 atom stereocenters. The lowest BCUT2D eigenvalue weighted by Crippen LogP contribution is -2.17. The van der Waals surface area contributed by atoms with Gasteiger partial charge in [0.15, 0.2) is 0 Å². The highest BCUT2D eigenvalue weighted by Crippen LogP contribution is 2.24. The number of hydrogen-bond acceptors (Lipinski definition) is 4. The fourth-order valence-electron chi connectivity index (χ4n) is 1.73. The van der Waals surface area contributed by atoms with Gasteiger partial charge in [-0.1, -0.05) is 26.8 Å². The predicted molar refractivity (Wildman–Crippen MR) is 79.6 cm³/mol. The van der Waals surface area contributed by atoms with Crippen molar-refractivity contribution in [2.24, 2.45) is 0 Å². The van der Waals surface area contributed by atoms with Crippen LogP contribution in [0.5, 0.6) is 0 Å². The molecular weight excluding hydrogens is 255 g/mol. The normalized spacial score (nSPS) is 11.4. The summed E-state index contributed by atoms with van der Waals surface area (Å²) in [4.78, 5) is 8.69. The second-order valence-electron chi connectivity index (χ2n) is 5.84. The zero-order chi connectivity index (χ0) is 14.9. The Bertz CT molecular complexity index is 632. The van der Waals surface area contributed by atoms with E-state index in [1.807, 2.05) is 27.7 Å². The second-order valence-corrected chi connectivity index (χ2v) is 5.84. The van der Waals surface area contributed by atoms with E-state index in [2.05, 4.69) is 15.3 Å². The summed E-state index contributed by atoms with van der Waals surface area (Å²) in [5, 5.41) is 3.10. The maximum absolute atomic E-state index is 13.3. The van der Waals surface area contributed by atoms with Gasteiger partial charge >= 0.3 is 0 Å². The molecule has 0 aliphatic heterocycles. The molecule has 1 aromatic carbocycles. The second kappa shape index (κ2) is 5.07. The van der Waals surface area contributed by atoms with Crippen molar-refractivity contribution in [1.29, 1.82) is 0 Å². The smallest absolute Gasteiger partial charge is 0.138 e. The number of hydrogen-bond donors (Lipinski definition) is 2. The van der Waals surface area contributed by atoms with Crippen molar-refractivity contribution in [3.05, 3.63) is 41.5 Å². The Morgan fingerprint density at radius 2 is 1.85 bits per heavy atom. The molecule has 0 unspecified atom stereocenters. The van der Waals surface area contributed by atoms with Gasteiger partial charge in [-0.15, -0.1) is 0 Å². The number of nitrogens with two attached hydrogens (primary N) is 1. The molecule has 106 valence electrons. The molecule has 0 spiro atoms. The minimum Gasteiger partial charge on any atom is -0.384 e. The largest absolute Gasteiger partial charge is 0.384 e. The lowest BCUT2D eigenvalue weighted by Gasteiger charge is -2.18. The molecule has 2 aromatic rings. The fraction of sp³-hybridized carbons (Fsp3) is 0.333. The average molecular weight is 274 g/mol. The number of aromatic nitrogens is 2. The summed E-state index contributed by atoms with van der Waals surface area (Å²) in [6.45, 7) is 7.94. The lowest BCUT2D eigenvalue weighted by molar-refractivity contribution is 0.547. The van der Waals surface area contributed by atoms with Crippen molar-refractivity contribution in [2.45, 2.75) is 33.1 Å². The highest BCUT2D eigenvalue weighted by atomic mass is 19.1. The highest BCUT2D eigenvalue weighted by Gasteiger charge is 2.18. The van der Waals surface area contributed by atoms with Crippen molar-refractivity contribution < 1.29 is 4.39 Å². The van der Waals surface area contributed by atoms with E-state index in [1.165, 1.54) is 12.1 Å². The van der Waals surface area contributed by atoms with Gasteiger partial charge in [-0.3, -0.25) is 0 Å². The van der Waals surface area contributed by atoms with Gasteiger partial charge in [-0.05, 0) is 24.6 Å². The maximum Gasteiger partial charge on any atom is 0.138 e. The molecule has 3 N–H and O–H groups in total. The predicted octanol–water partition coefficient (Wildman–Crippen LogP) is 3.55. The molecule has 0 aliphatic rings.